The van der Waals surface area contributed by atoms with Gasteiger partial charge < -0.3 is 20.5 Å². The minimum atomic E-state index is -1.17. The Bertz CT molecular complexity index is 678. The number of esters is 1. The number of rotatable bonds is 7. The standard InChI is InChI=1S/C23H40N2O5/c1-20(2,3)14-22(7,21(4,5)6)18(28)30-11-10-24-19(29)25-23(17(26)27)13-15-8-9-16(23)12-15/h15-16H,8-14H2,1-7H3,(H,26,27)(H2,24,25,29). The molecule has 2 aliphatic rings. The number of carbonyl (C=O) groups is 3. The number of ether oxygens (including phenoxy) is 1. The van der Waals surface area contributed by atoms with E-state index in [0.29, 0.717) is 18.8 Å². The molecule has 4 unspecified atom stereocenters. The molecule has 0 radical (unpaired) electrons. The van der Waals surface area contributed by atoms with Gasteiger partial charge in [-0.05, 0) is 61.7 Å². The van der Waals surface area contributed by atoms with Crippen LogP contribution in [0.2, 0.25) is 0 Å². The average molecular weight is 425 g/mol. The van der Waals surface area contributed by atoms with Gasteiger partial charge in [0.05, 0.1) is 12.0 Å². The molecule has 172 valence electrons. The molecular formula is C23H40N2O5. The fourth-order valence-electron chi connectivity index (χ4n) is 5.22. The van der Waals surface area contributed by atoms with Crippen LogP contribution in [-0.2, 0) is 14.3 Å². The van der Waals surface area contributed by atoms with Crippen LogP contribution in [0.1, 0.15) is 80.6 Å². The quantitative estimate of drug-likeness (QED) is 0.424. The maximum atomic E-state index is 12.9. The lowest BCUT2D eigenvalue weighted by molar-refractivity contribution is -0.164. The van der Waals surface area contributed by atoms with Gasteiger partial charge in [0.1, 0.15) is 12.1 Å². The Morgan fingerprint density at radius 2 is 1.70 bits per heavy atom. The molecule has 0 saturated heterocycles. The van der Waals surface area contributed by atoms with Crippen LogP contribution in [0.4, 0.5) is 4.79 Å². The largest absolute Gasteiger partial charge is 0.479 e. The van der Waals surface area contributed by atoms with Gasteiger partial charge in [-0.2, -0.15) is 0 Å². The fourth-order valence-corrected chi connectivity index (χ4v) is 5.22. The van der Waals surface area contributed by atoms with E-state index in [1.807, 2.05) is 27.7 Å². The van der Waals surface area contributed by atoms with Gasteiger partial charge in [-0.25, -0.2) is 9.59 Å². The lowest BCUT2D eigenvalue weighted by Crippen LogP contribution is -2.60. The molecule has 3 N–H and O–H groups in total. The van der Waals surface area contributed by atoms with Crippen LogP contribution in [0, 0.1) is 28.1 Å². The number of carbonyl (C=O) groups excluding carboxylic acids is 2. The summed E-state index contributed by atoms with van der Waals surface area (Å²) < 4.78 is 5.52. The second-order valence-corrected chi connectivity index (χ2v) is 11.7. The van der Waals surface area contributed by atoms with Crippen LogP contribution in [0.25, 0.3) is 0 Å². The summed E-state index contributed by atoms with van der Waals surface area (Å²) >= 11 is 0. The maximum absolute atomic E-state index is 12.9. The Balaban J connectivity index is 1.87. The zero-order valence-corrected chi connectivity index (χ0v) is 19.7. The number of fused-ring (bicyclic) bond motifs is 2. The topological polar surface area (TPSA) is 105 Å². The first kappa shape index (κ1) is 24.5. The highest BCUT2D eigenvalue weighted by molar-refractivity contribution is 5.87. The van der Waals surface area contributed by atoms with Crippen LogP contribution in [-0.4, -0.2) is 41.8 Å². The van der Waals surface area contributed by atoms with Gasteiger partial charge in [0.25, 0.3) is 0 Å². The molecule has 7 heteroatoms. The summed E-state index contributed by atoms with van der Waals surface area (Å²) in [5.41, 5.74) is -2.14. The van der Waals surface area contributed by atoms with E-state index < -0.39 is 23.0 Å². The van der Waals surface area contributed by atoms with Gasteiger partial charge in [0.15, 0.2) is 0 Å². The molecule has 2 amide bonds. The molecule has 0 aliphatic heterocycles. The Labute approximate surface area is 180 Å². The van der Waals surface area contributed by atoms with Crippen molar-refractivity contribution in [3.63, 3.8) is 0 Å². The van der Waals surface area contributed by atoms with Crippen molar-refractivity contribution in [3.05, 3.63) is 0 Å². The Kier molecular flexibility index (Phi) is 6.84. The third-order valence-electron chi connectivity index (χ3n) is 7.18. The number of carboxylic acid groups (broad SMARTS) is 1. The number of hydrogen-bond acceptors (Lipinski definition) is 4. The minimum Gasteiger partial charge on any atom is -0.479 e. The van der Waals surface area contributed by atoms with Gasteiger partial charge in [0.2, 0.25) is 0 Å². The number of nitrogens with one attached hydrogen (secondary N) is 2. The normalized spacial score (nSPS) is 28.0. The summed E-state index contributed by atoms with van der Waals surface area (Å²) in [5, 5.41) is 15.1. The van der Waals surface area contributed by atoms with Crippen molar-refractivity contribution in [2.45, 2.75) is 86.1 Å². The van der Waals surface area contributed by atoms with Crippen LogP contribution >= 0.6 is 0 Å². The van der Waals surface area contributed by atoms with E-state index in [0.717, 1.165) is 19.3 Å². The first-order chi connectivity index (χ1) is 13.6. The van der Waals surface area contributed by atoms with Crippen molar-refractivity contribution in [2.24, 2.45) is 28.1 Å². The highest BCUT2D eigenvalue weighted by atomic mass is 16.5. The molecule has 2 fully saturated rings. The SMILES string of the molecule is CC(C)(C)CC(C)(C(=O)OCCNC(=O)NC1(C(=O)O)CC2CCC1C2)C(C)(C)C. The molecule has 0 spiro atoms. The predicted molar refractivity (Wildman–Crippen MR) is 115 cm³/mol. The van der Waals surface area contributed by atoms with Crippen molar-refractivity contribution >= 4 is 18.0 Å². The molecule has 2 aliphatic carbocycles. The lowest BCUT2D eigenvalue weighted by atomic mass is 9.61. The first-order valence-corrected chi connectivity index (χ1v) is 11.1. The zero-order valence-electron chi connectivity index (χ0n) is 19.7. The third kappa shape index (κ3) is 5.09. The van der Waals surface area contributed by atoms with Gasteiger partial charge >= 0.3 is 18.0 Å². The monoisotopic (exact) mass is 424 g/mol. The van der Waals surface area contributed by atoms with Gasteiger partial charge in [-0.15, -0.1) is 0 Å². The highest BCUT2D eigenvalue weighted by Gasteiger charge is 2.57. The molecule has 0 heterocycles. The van der Waals surface area contributed by atoms with Crippen LogP contribution < -0.4 is 10.6 Å². The maximum Gasteiger partial charge on any atom is 0.329 e. The van der Waals surface area contributed by atoms with Crippen molar-refractivity contribution in [1.82, 2.24) is 10.6 Å². The third-order valence-corrected chi connectivity index (χ3v) is 7.18. The molecule has 2 bridgehead atoms. The Morgan fingerprint density at radius 1 is 1.07 bits per heavy atom. The second kappa shape index (κ2) is 8.39. The molecule has 0 aromatic heterocycles. The number of hydrogen-bond donors (Lipinski definition) is 3. The molecule has 2 rings (SSSR count). The number of urea groups is 1. The molecule has 7 nitrogen and oxygen atoms in total. The second-order valence-electron chi connectivity index (χ2n) is 11.7. The summed E-state index contributed by atoms with van der Waals surface area (Å²) in [7, 11) is 0. The van der Waals surface area contributed by atoms with Crippen LogP contribution in [0.5, 0.6) is 0 Å². The summed E-state index contributed by atoms with van der Waals surface area (Å²) in [6.07, 6.45) is 3.92. The molecule has 30 heavy (non-hydrogen) atoms. The van der Waals surface area contributed by atoms with Crippen molar-refractivity contribution < 1.29 is 24.2 Å². The van der Waals surface area contributed by atoms with E-state index in [2.05, 4.69) is 31.4 Å². The fraction of sp³-hybridized carbons (Fsp3) is 0.870. The minimum absolute atomic E-state index is 0.00605. The summed E-state index contributed by atoms with van der Waals surface area (Å²) in [6.45, 7) is 14.5. The molecule has 0 aromatic carbocycles. The Hall–Kier alpha value is -1.79. The Morgan fingerprint density at radius 3 is 2.13 bits per heavy atom. The summed E-state index contributed by atoms with van der Waals surface area (Å²) in [6, 6.07) is -0.519. The van der Waals surface area contributed by atoms with Gasteiger partial charge in [-0.3, -0.25) is 4.79 Å². The summed E-state index contributed by atoms with van der Waals surface area (Å²) in [4.78, 5) is 37.1. The van der Waals surface area contributed by atoms with E-state index in [9.17, 15) is 19.5 Å². The van der Waals surface area contributed by atoms with Crippen molar-refractivity contribution in [1.29, 1.82) is 0 Å². The predicted octanol–water partition coefficient (Wildman–Crippen LogP) is 3.96. The molecule has 0 aromatic rings. The van der Waals surface area contributed by atoms with Crippen molar-refractivity contribution in [2.75, 3.05) is 13.2 Å². The van der Waals surface area contributed by atoms with E-state index in [4.69, 9.17) is 4.74 Å². The molecule has 4 atom stereocenters. The van der Waals surface area contributed by atoms with E-state index >= 15 is 0 Å². The zero-order chi connectivity index (χ0) is 23.0. The molecule has 2 saturated carbocycles. The van der Waals surface area contributed by atoms with Crippen LogP contribution in [0.3, 0.4) is 0 Å². The van der Waals surface area contributed by atoms with E-state index in [-0.39, 0.29) is 35.9 Å². The number of aliphatic carboxylic acids is 1. The van der Waals surface area contributed by atoms with Gasteiger partial charge in [-0.1, -0.05) is 41.5 Å². The van der Waals surface area contributed by atoms with Gasteiger partial charge in [0, 0.05) is 0 Å². The lowest BCUT2D eigenvalue weighted by Gasteiger charge is -2.43. The van der Waals surface area contributed by atoms with Crippen LogP contribution in [0.15, 0.2) is 0 Å². The number of carboxylic acids is 1. The van der Waals surface area contributed by atoms with E-state index in [1.54, 1.807) is 0 Å². The molecular weight excluding hydrogens is 384 g/mol. The summed E-state index contributed by atoms with van der Waals surface area (Å²) in [5.74, 6) is -0.861. The highest BCUT2D eigenvalue weighted by Crippen LogP contribution is 2.51. The first-order valence-electron chi connectivity index (χ1n) is 11.1. The van der Waals surface area contributed by atoms with Crippen molar-refractivity contribution in [3.8, 4) is 0 Å². The average Bonchev–Trinajstić information content (AvgIpc) is 3.17. The smallest absolute Gasteiger partial charge is 0.329 e. The number of amides is 2. The van der Waals surface area contributed by atoms with E-state index in [1.165, 1.54) is 0 Å².